The van der Waals surface area contributed by atoms with Crippen LogP contribution in [0.1, 0.15) is 42.6 Å². The second-order valence-corrected chi connectivity index (χ2v) is 9.63. The van der Waals surface area contributed by atoms with Gasteiger partial charge in [0.2, 0.25) is 0 Å². The van der Waals surface area contributed by atoms with Crippen molar-refractivity contribution in [3.8, 4) is 0 Å². The number of rotatable bonds is 5. The number of nitrogens with two attached hydrogens (primary N) is 1. The van der Waals surface area contributed by atoms with Gasteiger partial charge in [-0.1, -0.05) is 15.9 Å². The van der Waals surface area contributed by atoms with E-state index in [9.17, 15) is 0 Å². The first-order chi connectivity index (χ1) is 14.2. The molecule has 1 heterocycles. The fourth-order valence-electron chi connectivity index (χ4n) is 4.30. The maximum Gasteiger partial charge on any atom is 0.171 e. The van der Waals surface area contributed by atoms with Crippen molar-refractivity contribution in [1.29, 1.82) is 0 Å². The monoisotopic (exact) mass is 490 g/mol. The third kappa shape index (κ3) is 5.21. The summed E-state index contributed by atoms with van der Waals surface area (Å²) in [5.41, 5.74) is 9.71. The van der Waals surface area contributed by atoms with Crippen LogP contribution >= 0.6 is 28.1 Å². The average molecular weight is 492 g/mol. The van der Waals surface area contributed by atoms with Crippen molar-refractivity contribution in [3.63, 3.8) is 0 Å². The molecule has 0 radical (unpaired) electrons. The largest absolute Gasteiger partial charge is 0.376 e. The van der Waals surface area contributed by atoms with E-state index in [2.05, 4.69) is 62.1 Å². The highest BCUT2D eigenvalue weighted by Gasteiger charge is 2.29. The summed E-state index contributed by atoms with van der Waals surface area (Å²) in [5.74, 6) is 2.58. The quantitative estimate of drug-likeness (QED) is 0.588. The molecule has 8 heteroatoms. The Morgan fingerprint density at radius 2 is 1.67 bits per heavy atom. The Morgan fingerprint density at radius 3 is 2.20 bits per heavy atom. The van der Waals surface area contributed by atoms with Crippen molar-refractivity contribution in [2.75, 3.05) is 29.2 Å². The summed E-state index contributed by atoms with van der Waals surface area (Å²) < 4.78 is 1.08. The number of anilines is 3. The van der Waals surface area contributed by atoms with E-state index in [1.165, 1.54) is 11.1 Å². The first-order valence-corrected chi connectivity index (χ1v) is 11.5. The van der Waals surface area contributed by atoms with Gasteiger partial charge in [0.05, 0.1) is 0 Å². The van der Waals surface area contributed by atoms with Gasteiger partial charge in [-0.05, 0) is 81.9 Å². The van der Waals surface area contributed by atoms with Gasteiger partial charge in [-0.15, -0.1) is 0 Å². The fourth-order valence-corrected chi connectivity index (χ4v) is 5.23. The topological polar surface area (TPSA) is 70.3 Å². The Kier molecular flexibility index (Phi) is 7.18. The van der Waals surface area contributed by atoms with Crippen molar-refractivity contribution >= 4 is 50.6 Å². The Hall–Kier alpha value is -1.93. The van der Waals surface area contributed by atoms with Crippen molar-refractivity contribution in [2.45, 2.75) is 58.5 Å². The van der Waals surface area contributed by atoms with E-state index in [1.54, 1.807) is 0 Å². The lowest BCUT2D eigenvalue weighted by Crippen LogP contribution is -2.47. The van der Waals surface area contributed by atoms with Crippen LogP contribution in [0.3, 0.4) is 0 Å². The molecule has 1 aromatic carbocycles. The SMILES string of the molecule is Cc1nc(NC2CCC(N(C(N)=S)c3c(C)cc(Br)cc3C)CC2)cc(N(C)C)n1. The zero-order chi connectivity index (χ0) is 22.0. The number of thiocarbonyl (C=S) groups is 1. The molecule has 1 saturated carbocycles. The molecule has 162 valence electrons. The van der Waals surface area contributed by atoms with Gasteiger partial charge < -0.3 is 20.9 Å². The third-order valence-electron chi connectivity index (χ3n) is 5.63. The second kappa shape index (κ2) is 9.47. The fraction of sp³-hybridized carbons (Fsp3) is 0.500. The minimum atomic E-state index is 0.309. The number of aryl methyl sites for hydroxylation is 3. The highest BCUT2D eigenvalue weighted by molar-refractivity contribution is 9.10. The number of halogens is 1. The predicted octanol–water partition coefficient (Wildman–Crippen LogP) is 4.70. The first kappa shape index (κ1) is 22.7. The van der Waals surface area contributed by atoms with E-state index in [1.807, 2.05) is 32.0 Å². The van der Waals surface area contributed by atoms with Gasteiger partial charge in [-0.2, -0.15) is 0 Å². The molecule has 1 aliphatic carbocycles. The molecule has 0 aliphatic heterocycles. The molecule has 0 bridgehead atoms. The lowest BCUT2D eigenvalue weighted by molar-refractivity contribution is 0.409. The smallest absolute Gasteiger partial charge is 0.171 e. The molecule has 0 unspecified atom stereocenters. The van der Waals surface area contributed by atoms with Crippen LogP contribution in [0.5, 0.6) is 0 Å². The van der Waals surface area contributed by atoms with Crippen molar-refractivity contribution < 1.29 is 0 Å². The normalized spacial score (nSPS) is 18.7. The summed E-state index contributed by atoms with van der Waals surface area (Å²) in [5, 5.41) is 4.06. The Balaban J connectivity index is 1.72. The van der Waals surface area contributed by atoms with E-state index in [0.717, 1.165) is 53.3 Å². The lowest BCUT2D eigenvalue weighted by atomic mass is 9.89. The van der Waals surface area contributed by atoms with Gasteiger partial charge in [0.1, 0.15) is 17.5 Å². The average Bonchev–Trinajstić information content (AvgIpc) is 2.64. The zero-order valence-electron chi connectivity index (χ0n) is 18.4. The van der Waals surface area contributed by atoms with Gasteiger partial charge in [-0.3, -0.25) is 0 Å². The summed E-state index contributed by atoms with van der Waals surface area (Å²) in [6, 6.07) is 6.95. The van der Waals surface area contributed by atoms with Crippen molar-refractivity contribution in [2.24, 2.45) is 5.73 Å². The molecule has 2 aromatic rings. The van der Waals surface area contributed by atoms with Crippen molar-refractivity contribution in [1.82, 2.24) is 9.97 Å². The molecule has 0 atom stereocenters. The lowest BCUT2D eigenvalue weighted by Gasteiger charge is -2.39. The molecule has 3 rings (SSSR count). The van der Waals surface area contributed by atoms with Crippen molar-refractivity contribution in [3.05, 3.63) is 39.6 Å². The van der Waals surface area contributed by atoms with Crippen LogP contribution in [0.25, 0.3) is 0 Å². The van der Waals surface area contributed by atoms with Crippen LogP contribution in [0.2, 0.25) is 0 Å². The van der Waals surface area contributed by atoms with Gasteiger partial charge >= 0.3 is 0 Å². The zero-order valence-corrected chi connectivity index (χ0v) is 20.8. The van der Waals surface area contributed by atoms with Gasteiger partial charge in [-0.25, -0.2) is 9.97 Å². The predicted molar refractivity (Wildman–Crippen MR) is 134 cm³/mol. The summed E-state index contributed by atoms with van der Waals surface area (Å²) in [6.45, 7) is 6.16. The molecule has 0 saturated heterocycles. The Bertz CT molecular complexity index is 901. The summed E-state index contributed by atoms with van der Waals surface area (Å²) in [4.78, 5) is 13.2. The summed E-state index contributed by atoms with van der Waals surface area (Å²) in [6.07, 6.45) is 4.13. The summed E-state index contributed by atoms with van der Waals surface area (Å²) >= 11 is 9.06. The van der Waals surface area contributed by atoms with Crippen LogP contribution < -0.4 is 20.9 Å². The summed E-state index contributed by atoms with van der Waals surface area (Å²) in [7, 11) is 3.99. The molecule has 3 N–H and O–H groups in total. The van der Waals surface area contributed by atoms with Gasteiger partial charge in [0, 0.05) is 42.4 Å². The number of hydrogen-bond donors (Lipinski definition) is 2. The second-order valence-electron chi connectivity index (χ2n) is 8.30. The molecule has 1 aliphatic rings. The standard InChI is InChI=1S/C22H31BrN6S/c1-13-10-16(23)11-14(2)21(13)29(22(24)30)18-8-6-17(7-9-18)27-19-12-20(28(4)5)26-15(3)25-19/h10-12,17-18H,6-9H2,1-5H3,(H2,24,30)(H,25,26,27). The third-order valence-corrected chi connectivity index (χ3v) is 6.29. The molecule has 6 nitrogen and oxygen atoms in total. The van der Waals surface area contributed by atoms with E-state index in [0.29, 0.717) is 17.2 Å². The van der Waals surface area contributed by atoms with Crippen LogP contribution in [0.4, 0.5) is 17.3 Å². The number of aromatic nitrogens is 2. The number of nitrogens with one attached hydrogen (secondary N) is 1. The Morgan fingerprint density at radius 1 is 1.07 bits per heavy atom. The van der Waals surface area contributed by atoms with Crippen LogP contribution in [-0.2, 0) is 0 Å². The maximum atomic E-state index is 6.20. The highest BCUT2D eigenvalue weighted by Crippen LogP contribution is 2.34. The van der Waals surface area contributed by atoms with Crippen LogP contribution in [-0.4, -0.2) is 41.3 Å². The molecule has 0 spiro atoms. The van der Waals surface area contributed by atoms with E-state index >= 15 is 0 Å². The molecule has 1 fully saturated rings. The maximum absolute atomic E-state index is 6.20. The number of hydrogen-bond acceptors (Lipinski definition) is 5. The minimum absolute atomic E-state index is 0.309. The molecule has 1 aromatic heterocycles. The molecule has 30 heavy (non-hydrogen) atoms. The Labute approximate surface area is 193 Å². The molecule has 0 amide bonds. The first-order valence-electron chi connectivity index (χ1n) is 10.3. The van der Waals surface area contributed by atoms with Crippen LogP contribution in [0.15, 0.2) is 22.7 Å². The van der Waals surface area contributed by atoms with E-state index in [-0.39, 0.29) is 0 Å². The highest BCUT2D eigenvalue weighted by atomic mass is 79.9. The van der Waals surface area contributed by atoms with E-state index < -0.39 is 0 Å². The van der Waals surface area contributed by atoms with Crippen LogP contribution in [0, 0.1) is 20.8 Å². The number of benzene rings is 1. The van der Waals surface area contributed by atoms with Gasteiger partial charge in [0.25, 0.3) is 0 Å². The minimum Gasteiger partial charge on any atom is -0.376 e. The molecular weight excluding hydrogens is 460 g/mol. The molecular formula is C22H31BrN6S. The van der Waals surface area contributed by atoms with E-state index in [4.69, 9.17) is 18.0 Å². The number of nitrogens with zero attached hydrogens (tertiary/aromatic N) is 4. The van der Waals surface area contributed by atoms with Gasteiger partial charge in [0.15, 0.2) is 5.11 Å².